The van der Waals surface area contributed by atoms with Gasteiger partial charge in [0.05, 0.1) is 13.0 Å². The van der Waals surface area contributed by atoms with Crippen LogP contribution in [0.3, 0.4) is 0 Å². The minimum Gasteiger partial charge on any atom is -0.466 e. The number of aryl methyl sites for hydroxylation is 2. The van der Waals surface area contributed by atoms with Gasteiger partial charge in [-0.25, -0.2) is 0 Å². The molecule has 1 aromatic heterocycles. The van der Waals surface area contributed by atoms with Crippen LogP contribution < -0.4 is 14.8 Å². The molecule has 5 rings (SSSR count). The molecule has 1 aliphatic heterocycles. The van der Waals surface area contributed by atoms with Crippen molar-refractivity contribution in [2.75, 3.05) is 18.7 Å². The van der Waals surface area contributed by atoms with Gasteiger partial charge in [0.2, 0.25) is 6.79 Å². The van der Waals surface area contributed by atoms with Crippen LogP contribution in [0.25, 0.3) is 22.5 Å². The number of fused-ring (bicyclic) bond motifs is 1. The molecule has 0 spiro atoms. The molecule has 0 radical (unpaired) electrons. The van der Waals surface area contributed by atoms with E-state index in [1.165, 1.54) is 5.56 Å². The van der Waals surface area contributed by atoms with Crippen LogP contribution in [-0.2, 0) is 22.4 Å². The fourth-order valence-corrected chi connectivity index (χ4v) is 4.66. The zero-order chi connectivity index (χ0) is 26.5. The number of rotatable bonds is 10. The maximum Gasteiger partial charge on any atom is 0.310 e. The van der Waals surface area contributed by atoms with E-state index in [0.717, 1.165) is 58.0 Å². The molecule has 3 aromatic carbocycles. The van der Waals surface area contributed by atoms with Gasteiger partial charge in [0.25, 0.3) is 0 Å². The third-order valence-corrected chi connectivity index (χ3v) is 6.67. The van der Waals surface area contributed by atoms with Crippen molar-refractivity contribution in [3.05, 3.63) is 83.6 Å². The zero-order valence-corrected chi connectivity index (χ0v) is 22.0. The number of esters is 1. The summed E-state index contributed by atoms with van der Waals surface area (Å²) in [4.78, 5) is 12.1. The highest BCUT2D eigenvalue weighted by Crippen LogP contribution is 2.35. The summed E-state index contributed by atoms with van der Waals surface area (Å²) >= 11 is 0. The second-order valence-electron chi connectivity index (χ2n) is 9.46. The van der Waals surface area contributed by atoms with Crippen LogP contribution in [-0.4, -0.2) is 30.6 Å². The number of benzene rings is 3. The van der Waals surface area contributed by atoms with Crippen LogP contribution in [0.5, 0.6) is 11.5 Å². The van der Waals surface area contributed by atoms with E-state index in [4.69, 9.17) is 18.7 Å². The van der Waals surface area contributed by atoms with Gasteiger partial charge in [-0.1, -0.05) is 59.8 Å². The first-order valence-corrected chi connectivity index (χ1v) is 13.0. The van der Waals surface area contributed by atoms with E-state index in [-0.39, 0.29) is 25.2 Å². The minimum atomic E-state index is -0.225. The van der Waals surface area contributed by atoms with Crippen LogP contribution in [0.15, 0.2) is 71.3 Å². The lowest BCUT2D eigenvalue weighted by molar-refractivity contribution is -0.142. The second-order valence-corrected chi connectivity index (χ2v) is 9.46. The Morgan fingerprint density at radius 3 is 2.61 bits per heavy atom. The molecule has 1 N–H and O–H groups in total. The lowest BCUT2D eigenvalue weighted by Crippen LogP contribution is -2.16. The van der Waals surface area contributed by atoms with E-state index in [2.05, 4.69) is 29.5 Å². The van der Waals surface area contributed by atoms with Crippen molar-refractivity contribution in [3.8, 4) is 33.9 Å². The molecule has 0 saturated heterocycles. The SMILES string of the molecule is CCOC(=O)Cc1ccccc1-c1ccc(-c2onc(C)c2NC(C)CCc2ccc3c(c2)OCO3)cc1. The summed E-state index contributed by atoms with van der Waals surface area (Å²) in [6, 6.07) is 22.4. The Balaban J connectivity index is 1.28. The number of nitrogens with one attached hydrogen (secondary N) is 1. The van der Waals surface area contributed by atoms with Crippen LogP contribution in [0.4, 0.5) is 5.69 Å². The molecule has 1 atom stereocenters. The van der Waals surface area contributed by atoms with Crippen LogP contribution in [0.2, 0.25) is 0 Å². The van der Waals surface area contributed by atoms with Gasteiger partial charge in [0, 0.05) is 11.6 Å². The molecule has 0 fully saturated rings. The molecule has 38 heavy (non-hydrogen) atoms. The lowest BCUT2D eigenvalue weighted by Gasteiger charge is -2.16. The molecule has 196 valence electrons. The van der Waals surface area contributed by atoms with Gasteiger partial charge in [0.1, 0.15) is 11.4 Å². The molecule has 0 bridgehead atoms. The number of ether oxygens (including phenoxy) is 3. The quantitative estimate of drug-likeness (QED) is 0.240. The van der Waals surface area contributed by atoms with Crippen LogP contribution in [0, 0.1) is 6.92 Å². The average Bonchev–Trinajstić information content (AvgIpc) is 3.54. The molecule has 7 nitrogen and oxygen atoms in total. The number of hydrogen-bond donors (Lipinski definition) is 1. The summed E-state index contributed by atoms with van der Waals surface area (Å²) in [5, 5.41) is 7.83. The summed E-state index contributed by atoms with van der Waals surface area (Å²) in [6.45, 7) is 6.58. The highest BCUT2D eigenvalue weighted by atomic mass is 16.7. The fourth-order valence-electron chi connectivity index (χ4n) is 4.66. The summed E-state index contributed by atoms with van der Waals surface area (Å²) in [7, 11) is 0. The predicted molar refractivity (Wildman–Crippen MR) is 146 cm³/mol. The smallest absolute Gasteiger partial charge is 0.310 e. The van der Waals surface area contributed by atoms with Crippen molar-refractivity contribution in [1.29, 1.82) is 0 Å². The Bertz CT molecular complexity index is 1410. The second kappa shape index (κ2) is 11.4. The van der Waals surface area contributed by atoms with Crippen molar-refractivity contribution >= 4 is 11.7 Å². The lowest BCUT2D eigenvalue weighted by atomic mass is 9.96. The molecule has 0 saturated carbocycles. The largest absolute Gasteiger partial charge is 0.466 e. The van der Waals surface area contributed by atoms with Crippen molar-refractivity contribution in [2.45, 2.75) is 46.1 Å². The highest BCUT2D eigenvalue weighted by molar-refractivity contribution is 5.80. The summed E-state index contributed by atoms with van der Waals surface area (Å²) in [5.41, 5.74) is 6.84. The summed E-state index contributed by atoms with van der Waals surface area (Å²) in [5.74, 6) is 2.10. The molecule has 1 aliphatic rings. The topological polar surface area (TPSA) is 82.8 Å². The highest BCUT2D eigenvalue weighted by Gasteiger charge is 2.19. The Labute approximate surface area is 222 Å². The first-order chi connectivity index (χ1) is 18.5. The Kier molecular flexibility index (Phi) is 7.63. The molecular weight excluding hydrogens is 480 g/mol. The van der Waals surface area contributed by atoms with E-state index in [1.54, 1.807) is 0 Å². The van der Waals surface area contributed by atoms with Crippen molar-refractivity contribution < 1.29 is 23.5 Å². The maximum atomic E-state index is 12.1. The molecule has 1 unspecified atom stereocenters. The van der Waals surface area contributed by atoms with Crippen LogP contribution >= 0.6 is 0 Å². The van der Waals surface area contributed by atoms with E-state index < -0.39 is 0 Å². The monoisotopic (exact) mass is 512 g/mol. The van der Waals surface area contributed by atoms with E-state index >= 15 is 0 Å². The molecule has 0 aliphatic carbocycles. The molecule has 4 aromatic rings. The Morgan fingerprint density at radius 1 is 1.03 bits per heavy atom. The van der Waals surface area contributed by atoms with Gasteiger partial charge >= 0.3 is 5.97 Å². The number of hydrogen-bond acceptors (Lipinski definition) is 7. The molecule has 0 amide bonds. The van der Waals surface area contributed by atoms with Gasteiger partial charge in [-0.05, 0) is 68.0 Å². The van der Waals surface area contributed by atoms with E-state index in [1.807, 2.05) is 68.4 Å². The normalized spacial score (nSPS) is 12.8. The number of carbonyl (C=O) groups is 1. The predicted octanol–water partition coefficient (Wildman–Crippen LogP) is 6.58. The minimum absolute atomic E-state index is 0.200. The Morgan fingerprint density at radius 2 is 1.79 bits per heavy atom. The number of aromatic nitrogens is 1. The van der Waals surface area contributed by atoms with Gasteiger partial charge in [0.15, 0.2) is 17.3 Å². The van der Waals surface area contributed by atoms with Gasteiger partial charge in [-0.15, -0.1) is 0 Å². The first-order valence-electron chi connectivity index (χ1n) is 13.0. The molecular formula is C31H32N2O5. The molecule has 7 heteroatoms. The Hall–Kier alpha value is -4.26. The standard InChI is InChI=1S/C31H32N2O5/c1-4-35-29(34)18-25-7-5-6-8-26(25)23-12-14-24(15-13-23)31-30(21(3)33-38-31)32-20(2)9-10-22-11-16-27-28(17-22)37-19-36-27/h5-8,11-17,20,32H,4,9-10,18-19H2,1-3H3. The zero-order valence-electron chi connectivity index (χ0n) is 22.0. The first kappa shape index (κ1) is 25.4. The average molecular weight is 513 g/mol. The van der Waals surface area contributed by atoms with Crippen molar-refractivity contribution in [2.24, 2.45) is 0 Å². The van der Waals surface area contributed by atoms with Crippen molar-refractivity contribution in [3.63, 3.8) is 0 Å². The summed E-state index contributed by atoms with van der Waals surface area (Å²) < 4.78 is 21.8. The van der Waals surface area contributed by atoms with Crippen molar-refractivity contribution in [1.82, 2.24) is 5.16 Å². The number of anilines is 1. The van der Waals surface area contributed by atoms with E-state index in [9.17, 15) is 4.79 Å². The van der Waals surface area contributed by atoms with Gasteiger partial charge < -0.3 is 24.1 Å². The van der Waals surface area contributed by atoms with Crippen LogP contribution in [0.1, 0.15) is 37.1 Å². The van der Waals surface area contributed by atoms with Gasteiger partial charge in [-0.3, -0.25) is 4.79 Å². The maximum absolute atomic E-state index is 12.1. The fraction of sp³-hybridized carbons (Fsp3) is 0.290. The third-order valence-electron chi connectivity index (χ3n) is 6.67. The number of carbonyl (C=O) groups excluding carboxylic acids is 1. The molecule has 2 heterocycles. The number of nitrogens with zero attached hydrogens (tertiary/aromatic N) is 1. The van der Waals surface area contributed by atoms with Gasteiger partial charge in [-0.2, -0.15) is 0 Å². The van der Waals surface area contributed by atoms with E-state index in [0.29, 0.717) is 12.4 Å². The summed E-state index contributed by atoms with van der Waals surface area (Å²) in [6.07, 6.45) is 2.08. The third kappa shape index (κ3) is 5.67.